The number of para-hydroxylation sites is 1. The lowest BCUT2D eigenvalue weighted by atomic mass is 9.96. The first kappa shape index (κ1) is 20.1. The van der Waals surface area contributed by atoms with E-state index in [2.05, 4.69) is 16.0 Å². The fraction of sp³-hybridized carbons (Fsp3) is 0.600. The summed E-state index contributed by atoms with van der Waals surface area (Å²) < 4.78 is 5.64. The summed E-state index contributed by atoms with van der Waals surface area (Å²) in [6, 6.07) is 7.99. The number of ether oxygens (including phenoxy) is 1. The lowest BCUT2D eigenvalue weighted by molar-refractivity contribution is -0.121. The number of carbonyl (C=O) groups is 2. The third-order valence-corrected chi connectivity index (χ3v) is 4.58. The molecule has 144 valence electrons. The SMILES string of the molecule is Cc1ccccc1OCCNC(=O)CCCNC(=O)NC1CCCCC1. The van der Waals surface area contributed by atoms with Crippen LogP contribution in [0.3, 0.4) is 0 Å². The summed E-state index contributed by atoms with van der Waals surface area (Å²) in [5.41, 5.74) is 1.08. The summed E-state index contributed by atoms with van der Waals surface area (Å²) in [7, 11) is 0. The van der Waals surface area contributed by atoms with Crippen molar-refractivity contribution in [3.8, 4) is 5.75 Å². The summed E-state index contributed by atoms with van der Waals surface area (Å²) in [6.45, 7) is 3.42. The van der Waals surface area contributed by atoms with Gasteiger partial charge in [0.2, 0.25) is 5.91 Å². The van der Waals surface area contributed by atoms with Gasteiger partial charge in [0.05, 0.1) is 6.54 Å². The molecule has 1 fully saturated rings. The molecule has 1 aromatic carbocycles. The minimum absolute atomic E-state index is 0.0205. The van der Waals surface area contributed by atoms with Gasteiger partial charge in [-0.3, -0.25) is 4.79 Å². The van der Waals surface area contributed by atoms with E-state index in [-0.39, 0.29) is 11.9 Å². The topological polar surface area (TPSA) is 79.5 Å². The average Bonchev–Trinajstić information content (AvgIpc) is 2.64. The molecule has 26 heavy (non-hydrogen) atoms. The number of benzene rings is 1. The molecular weight excluding hydrogens is 330 g/mol. The maximum absolute atomic E-state index is 11.8. The second kappa shape index (κ2) is 11.4. The van der Waals surface area contributed by atoms with Crippen LogP contribution in [0.4, 0.5) is 4.79 Å². The molecule has 6 heteroatoms. The number of carbonyl (C=O) groups excluding carboxylic acids is 2. The van der Waals surface area contributed by atoms with Crippen molar-refractivity contribution in [2.24, 2.45) is 0 Å². The predicted molar refractivity (Wildman–Crippen MR) is 102 cm³/mol. The zero-order valence-corrected chi connectivity index (χ0v) is 15.7. The molecule has 0 aromatic heterocycles. The molecule has 0 radical (unpaired) electrons. The number of amides is 3. The fourth-order valence-corrected chi connectivity index (χ4v) is 3.09. The van der Waals surface area contributed by atoms with Gasteiger partial charge in [-0.15, -0.1) is 0 Å². The predicted octanol–water partition coefficient (Wildman–Crippen LogP) is 2.90. The van der Waals surface area contributed by atoms with Crippen LogP contribution in [0.1, 0.15) is 50.5 Å². The van der Waals surface area contributed by atoms with Crippen molar-refractivity contribution >= 4 is 11.9 Å². The Morgan fingerprint density at radius 1 is 1.08 bits per heavy atom. The van der Waals surface area contributed by atoms with Crippen LogP contribution < -0.4 is 20.7 Å². The van der Waals surface area contributed by atoms with Gasteiger partial charge in [-0.1, -0.05) is 37.5 Å². The molecule has 0 heterocycles. The highest BCUT2D eigenvalue weighted by Crippen LogP contribution is 2.17. The number of hydrogen-bond acceptors (Lipinski definition) is 3. The molecule has 1 aliphatic rings. The lowest BCUT2D eigenvalue weighted by Crippen LogP contribution is -2.43. The molecule has 1 aliphatic carbocycles. The van der Waals surface area contributed by atoms with Gasteiger partial charge in [0.25, 0.3) is 0 Å². The van der Waals surface area contributed by atoms with Crippen LogP contribution in [-0.4, -0.2) is 37.7 Å². The summed E-state index contributed by atoms with van der Waals surface area (Å²) >= 11 is 0. The molecule has 3 N–H and O–H groups in total. The third-order valence-electron chi connectivity index (χ3n) is 4.58. The number of aryl methyl sites for hydroxylation is 1. The molecular formula is C20H31N3O3. The largest absolute Gasteiger partial charge is 0.491 e. The van der Waals surface area contributed by atoms with Crippen LogP contribution in [0.2, 0.25) is 0 Å². The zero-order chi connectivity index (χ0) is 18.6. The number of rotatable bonds is 9. The smallest absolute Gasteiger partial charge is 0.315 e. The van der Waals surface area contributed by atoms with Crippen LogP contribution in [-0.2, 0) is 4.79 Å². The first-order valence-corrected chi connectivity index (χ1v) is 9.64. The summed E-state index contributed by atoms with van der Waals surface area (Å²) in [4.78, 5) is 23.6. The first-order valence-electron chi connectivity index (χ1n) is 9.64. The second-order valence-electron chi connectivity index (χ2n) is 6.80. The van der Waals surface area contributed by atoms with Crippen molar-refractivity contribution in [1.29, 1.82) is 0 Å². The highest BCUT2D eigenvalue weighted by atomic mass is 16.5. The minimum Gasteiger partial charge on any atom is -0.491 e. The fourth-order valence-electron chi connectivity index (χ4n) is 3.09. The van der Waals surface area contributed by atoms with Gasteiger partial charge in [-0.05, 0) is 37.8 Å². The first-order chi connectivity index (χ1) is 12.6. The van der Waals surface area contributed by atoms with Gasteiger partial charge in [-0.25, -0.2) is 4.79 Å². The van der Waals surface area contributed by atoms with Gasteiger partial charge < -0.3 is 20.7 Å². The normalized spacial score (nSPS) is 14.5. The number of urea groups is 1. The Bertz CT molecular complexity index is 571. The Kier molecular flexibility index (Phi) is 8.79. The van der Waals surface area contributed by atoms with Crippen LogP contribution in [0.25, 0.3) is 0 Å². The van der Waals surface area contributed by atoms with E-state index in [1.807, 2.05) is 31.2 Å². The quantitative estimate of drug-likeness (QED) is 0.592. The highest BCUT2D eigenvalue weighted by Gasteiger charge is 2.15. The Morgan fingerprint density at radius 3 is 2.62 bits per heavy atom. The van der Waals surface area contributed by atoms with Gasteiger partial charge in [0, 0.05) is 19.0 Å². The highest BCUT2D eigenvalue weighted by molar-refractivity contribution is 5.76. The van der Waals surface area contributed by atoms with E-state index in [0.29, 0.717) is 38.6 Å². The van der Waals surface area contributed by atoms with Crippen molar-refractivity contribution in [2.75, 3.05) is 19.7 Å². The lowest BCUT2D eigenvalue weighted by Gasteiger charge is -2.22. The van der Waals surface area contributed by atoms with Gasteiger partial charge in [0.15, 0.2) is 0 Å². The Hall–Kier alpha value is -2.24. The van der Waals surface area contributed by atoms with Gasteiger partial charge in [-0.2, -0.15) is 0 Å². The van der Waals surface area contributed by atoms with E-state index < -0.39 is 0 Å². The Balaban J connectivity index is 1.47. The van der Waals surface area contributed by atoms with E-state index in [0.717, 1.165) is 24.2 Å². The van der Waals surface area contributed by atoms with Crippen LogP contribution in [0, 0.1) is 6.92 Å². The minimum atomic E-state index is -0.121. The standard InChI is InChI=1S/C20H31N3O3/c1-16-8-5-6-11-18(16)26-15-14-21-19(24)12-7-13-22-20(25)23-17-9-3-2-4-10-17/h5-6,8,11,17H,2-4,7,9-10,12-15H2,1H3,(H,21,24)(H2,22,23,25). The molecule has 0 spiro atoms. The van der Waals surface area contributed by atoms with E-state index in [1.165, 1.54) is 19.3 Å². The van der Waals surface area contributed by atoms with Gasteiger partial charge >= 0.3 is 6.03 Å². The van der Waals surface area contributed by atoms with E-state index in [9.17, 15) is 9.59 Å². The second-order valence-corrected chi connectivity index (χ2v) is 6.80. The van der Waals surface area contributed by atoms with Crippen molar-refractivity contribution in [2.45, 2.75) is 57.9 Å². The van der Waals surface area contributed by atoms with Crippen molar-refractivity contribution in [3.63, 3.8) is 0 Å². The monoisotopic (exact) mass is 361 g/mol. The number of hydrogen-bond donors (Lipinski definition) is 3. The maximum atomic E-state index is 11.8. The summed E-state index contributed by atoms with van der Waals surface area (Å²) in [5.74, 6) is 0.822. The Labute approximate surface area is 156 Å². The van der Waals surface area contributed by atoms with E-state index in [4.69, 9.17) is 4.74 Å². The van der Waals surface area contributed by atoms with Crippen molar-refractivity contribution < 1.29 is 14.3 Å². The molecule has 1 aromatic rings. The van der Waals surface area contributed by atoms with Crippen LogP contribution in [0.15, 0.2) is 24.3 Å². The Morgan fingerprint density at radius 2 is 1.85 bits per heavy atom. The molecule has 2 rings (SSSR count). The van der Waals surface area contributed by atoms with Gasteiger partial charge in [0.1, 0.15) is 12.4 Å². The van der Waals surface area contributed by atoms with Crippen LogP contribution in [0.5, 0.6) is 5.75 Å². The van der Waals surface area contributed by atoms with Crippen molar-refractivity contribution in [1.82, 2.24) is 16.0 Å². The van der Waals surface area contributed by atoms with E-state index in [1.54, 1.807) is 0 Å². The third kappa shape index (κ3) is 7.76. The van der Waals surface area contributed by atoms with Crippen molar-refractivity contribution in [3.05, 3.63) is 29.8 Å². The zero-order valence-electron chi connectivity index (χ0n) is 15.7. The maximum Gasteiger partial charge on any atom is 0.315 e. The average molecular weight is 361 g/mol. The molecule has 0 aliphatic heterocycles. The summed E-state index contributed by atoms with van der Waals surface area (Å²) in [6.07, 6.45) is 6.82. The van der Waals surface area contributed by atoms with E-state index >= 15 is 0 Å². The molecule has 0 saturated heterocycles. The molecule has 0 unspecified atom stereocenters. The molecule has 6 nitrogen and oxygen atoms in total. The summed E-state index contributed by atoms with van der Waals surface area (Å²) in [5, 5.41) is 8.66. The molecule has 0 atom stereocenters. The van der Waals surface area contributed by atoms with Crippen LogP contribution >= 0.6 is 0 Å². The molecule has 0 bridgehead atoms. The molecule has 3 amide bonds. The molecule has 1 saturated carbocycles. The number of nitrogens with one attached hydrogen (secondary N) is 3.